The molecule has 15 heavy (non-hydrogen) atoms. The topological polar surface area (TPSA) is 46.5 Å². The minimum atomic E-state index is -0.976. The summed E-state index contributed by atoms with van der Waals surface area (Å²) in [6.07, 6.45) is 1.05. The van der Waals surface area contributed by atoms with Crippen molar-refractivity contribution < 1.29 is 14.6 Å². The van der Waals surface area contributed by atoms with Crippen LogP contribution in [0, 0.1) is 0 Å². The Morgan fingerprint density at radius 3 is 2.67 bits per heavy atom. The highest BCUT2D eigenvalue weighted by Crippen LogP contribution is 2.10. The van der Waals surface area contributed by atoms with E-state index in [-0.39, 0.29) is 0 Å². The number of para-hydroxylation sites is 1. The Hall–Kier alpha value is -1.22. The number of aliphatic carboxylic acids is 1. The van der Waals surface area contributed by atoms with E-state index in [0.717, 1.165) is 5.75 Å². The number of hydrogen-bond acceptors (Lipinski definition) is 2. The molecular weight excluding hydrogens is 216 g/mol. The Morgan fingerprint density at radius 2 is 2.07 bits per heavy atom. The van der Waals surface area contributed by atoms with E-state index in [1.54, 1.807) is 0 Å². The Kier molecular flexibility index (Phi) is 4.98. The molecule has 0 amide bonds. The van der Waals surface area contributed by atoms with Crippen LogP contribution in [0.3, 0.4) is 0 Å². The van der Waals surface area contributed by atoms with Crippen LogP contribution in [0.4, 0.5) is 0 Å². The van der Waals surface area contributed by atoms with Gasteiger partial charge in [-0.3, -0.25) is 4.79 Å². The minimum absolute atomic E-state index is 0.420. The highest BCUT2D eigenvalue weighted by molar-refractivity contribution is 6.29. The van der Waals surface area contributed by atoms with Crippen LogP contribution in [0.15, 0.2) is 30.3 Å². The van der Waals surface area contributed by atoms with Gasteiger partial charge in [-0.1, -0.05) is 18.2 Å². The molecule has 1 N–H and O–H groups in total. The molecule has 0 saturated heterocycles. The fraction of sp³-hybridized carbons (Fsp3) is 0.364. The Bertz CT molecular complexity index is 300. The molecule has 4 heteroatoms. The number of hydrogen-bond donors (Lipinski definition) is 1. The zero-order chi connectivity index (χ0) is 11.1. The first kappa shape index (κ1) is 11.9. The molecule has 0 aliphatic heterocycles. The van der Waals surface area contributed by atoms with E-state index in [4.69, 9.17) is 21.4 Å². The quantitative estimate of drug-likeness (QED) is 0.601. The average Bonchev–Trinajstić information content (AvgIpc) is 2.25. The minimum Gasteiger partial charge on any atom is -0.494 e. The third-order valence-electron chi connectivity index (χ3n) is 1.88. The summed E-state index contributed by atoms with van der Waals surface area (Å²) in [6.45, 7) is 0.487. The van der Waals surface area contributed by atoms with Gasteiger partial charge in [0, 0.05) is 0 Å². The lowest BCUT2D eigenvalue weighted by Crippen LogP contribution is -2.14. The van der Waals surface area contributed by atoms with Crippen molar-refractivity contribution in [3.63, 3.8) is 0 Å². The highest BCUT2D eigenvalue weighted by Gasteiger charge is 2.12. The summed E-state index contributed by atoms with van der Waals surface area (Å²) in [5.41, 5.74) is 0. The Balaban J connectivity index is 2.15. The molecule has 1 aromatic rings. The number of carboxylic acids is 1. The van der Waals surface area contributed by atoms with Crippen molar-refractivity contribution in [3.8, 4) is 5.75 Å². The summed E-state index contributed by atoms with van der Waals surface area (Å²) in [5, 5.41) is 7.71. The molecule has 0 fully saturated rings. The molecule has 0 aliphatic rings. The largest absolute Gasteiger partial charge is 0.494 e. The third kappa shape index (κ3) is 4.70. The summed E-state index contributed by atoms with van der Waals surface area (Å²) < 4.78 is 5.38. The zero-order valence-electron chi connectivity index (χ0n) is 8.23. The van der Waals surface area contributed by atoms with Crippen LogP contribution in [0.25, 0.3) is 0 Å². The second kappa shape index (κ2) is 6.30. The smallest absolute Gasteiger partial charge is 0.321 e. The van der Waals surface area contributed by atoms with Gasteiger partial charge in [0.25, 0.3) is 0 Å². The maximum atomic E-state index is 10.4. The summed E-state index contributed by atoms with van der Waals surface area (Å²) in [7, 11) is 0. The average molecular weight is 229 g/mol. The number of carbonyl (C=O) groups is 1. The van der Waals surface area contributed by atoms with E-state index < -0.39 is 11.3 Å². The molecular formula is C11H13ClO3. The van der Waals surface area contributed by atoms with Crippen LogP contribution in [0.2, 0.25) is 0 Å². The monoisotopic (exact) mass is 228 g/mol. The van der Waals surface area contributed by atoms with Gasteiger partial charge >= 0.3 is 5.97 Å². The molecule has 1 atom stereocenters. The van der Waals surface area contributed by atoms with E-state index >= 15 is 0 Å². The number of halogens is 1. The number of carboxylic acid groups (broad SMARTS) is 1. The maximum Gasteiger partial charge on any atom is 0.321 e. The Labute approximate surface area is 93.6 Å². The highest BCUT2D eigenvalue weighted by atomic mass is 35.5. The van der Waals surface area contributed by atoms with Gasteiger partial charge < -0.3 is 9.84 Å². The van der Waals surface area contributed by atoms with E-state index in [9.17, 15) is 4.79 Å². The third-order valence-corrected chi connectivity index (χ3v) is 2.29. The van der Waals surface area contributed by atoms with Crippen molar-refractivity contribution in [1.82, 2.24) is 0 Å². The summed E-state index contributed by atoms with van der Waals surface area (Å²) >= 11 is 5.54. The fourth-order valence-electron chi connectivity index (χ4n) is 1.09. The first-order valence-electron chi connectivity index (χ1n) is 4.75. The van der Waals surface area contributed by atoms with Gasteiger partial charge in [0.2, 0.25) is 0 Å². The van der Waals surface area contributed by atoms with Gasteiger partial charge in [0.05, 0.1) is 6.61 Å². The predicted octanol–water partition coefficient (Wildman–Crippen LogP) is 2.54. The summed E-state index contributed by atoms with van der Waals surface area (Å²) in [6, 6.07) is 9.39. The second-order valence-electron chi connectivity index (χ2n) is 3.11. The van der Waals surface area contributed by atoms with Gasteiger partial charge in [0.15, 0.2) is 0 Å². The zero-order valence-corrected chi connectivity index (χ0v) is 8.98. The first-order chi connectivity index (χ1) is 7.20. The van der Waals surface area contributed by atoms with Gasteiger partial charge in [0.1, 0.15) is 11.1 Å². The van der Waals surface area contributed by atoms with Crippen LogP contribution < -0.4 is 4.74 Å². The van der Waals surface area contributed by atoms with Crippen LogP contribution in [0.1, 0.15) is 12.8 Å². The normalized spacial score (nSPS) is 12.1. The number of alkyl halides is 1. The molecule has 0 aromatic heterocycles. The molecule has 0 unspecified atom stereocenters. The van der Waals surface area contributed by atoms with Crippen LogP contribution in [-0.4, -0.2) is 23.1 Å². The van der Waals surface area contributed by atoms with Crippen molar-refractivity contribution in [3.05, 3.63) is 30.3 Å². The van der Waals surface area contributed by atoms with Gasteiger partial charge in [-0.2, -0.15) is 0 Å². The molecule has 1 rings (SSSR count). The van der Waals surface area contributed by atoms with Crippen molar-refractivity contribution in [2.24, 2.45) is 0 Å². The lowest BCUT2D eigenvalue weighted by molar-refractivity contribution is -0.136. The van der Waals surface area contributed by atoms with Gasteiger partial charge in [-0.15, -0.1) is 11.6 Å². The molecule has 0 radical (unpaired) electrons. The predicted molar refractivity (Wildman–Crippen MR) is 58.4 cm³/mol. The molecule has 0 bridgehead atoms. The van der Waals surface area contributed by atoms with Crippen LogP contribution >= 0.6 is 11.6 Å². The molecule has 0 spiro atoms. The summed E-state index contributed by atoms with van der Waals surface area (Å²) in [5.74, 6) is -0.185. The summed E-state index contributed by atoms with van der Waals surface area (Å²) in [4.78, 5) is 10.4. The van der Waals surface area contributed by atoms with Crippen molar-refractivity contribution >= 4 is 17.6 Å². The van der Waals surface area contributed by atoms with E-state index in [0.29, 0.717) is 19.4 Å². The van der Waals surface area contributed by atoms with Gasteiger partial charge in [-0.05, 0) is 25.0 Å². The van der Waals surface area contributed by atoms with Gasteiger partial charge in [-0.25, -0.2) is 0 Å². The van der Waals surface area contributed by atoms with Crippen molar-refractivity contribution in [2.75, 3.05) is 6.61 Å². The van der Waals surface area contributed by atoms with E-state index in [2.05, 4.69) is 0 Å². The van der Waals surface area contributed by atoms with Crippen molar-refractivity contribution in [1.29, 1.82) is 0 Å². The molecule has 0 saturated carbocycles. The number of benzene rings is 1. The second-order valence-corrected chi connectivity index (χ2v) is 3.64. The molecule has 0 heterocycles. The molecule has 82 valence electrons. The fourth-order valence-corrected chi connectivity index (χ4v) is 1.25. The van der Waals surface area contributed by atoms with Crippen LogP contribution in [0.5, 0.6) is 5.75 Å². The number of rotatable bonds is 6. The van der Waals surface area contributed by atoms with Crippen molar-refractivity contribution in [2.45, 2.75) is 18.2 Å². The lowest BCUT2D eigenvalue weighted by atomic mass is 10.2. The number of ether oxygens (including phenoxy) is 1. The van der Waals surface area contributed by atoms with Crippen LogP contribution in [-0.2, 0) is 4.79 Å². The van der Waals surface area contributed by atoms with E-state index in [1.807, 2.05) is 30.3 Å². The lowest BCUT2D eigenvalue weighted by Gasteiger charge is -2.06. The Morgan fingerprint density at radius 1 is 1.40 bits per heavy atom. The standard InChI is InChI=1S/C11H13ClO3/c12-10(11(13)14)7-4-8-15-9-5-2-1-3-6-9/h1-3,5-6,10H,4,7-8H2,(H,13,14)/t10-/m1/s1. The SMILES string of the molecule is O=C(O)[C@H](Cl)CCCOc1ccccc1. The maximum absolute atomic E-state index is 10.4. The molecule has 3 nitrogen and oxygen atoms in total. The first-order valence-corrected chi connectivity index (χ1v) is 5.18. The molecule has 1 aromatic carbocycles. The van der Waals surface area contributed by atoms with E-state index in [1.165, 1.54) is 0 Å². The molecule has 0 aliphatic carbocycles.